The highest BCUT2D eigenvalue weighted by Gasteiger charge is 2.02. The Balaban J connectivity index is 3.70. The molecule has 0 N–H and O–H groups in total. The average molecular weight is 199 g/mol. The highest BCUT2D eigenvalue weighted by Crippen LogP contribution is 1.92. The summed E-state index contributed by atoms with van der Waals surface area (Å²) in [6.45, 7) is 6.78. The molecule has 0 saturated heterocycles. The molecule has 0 saturated carbocycles. The molecule has 0 heterocycles. The Morgan fingerprint density at radius 3 is 2.36 bits per heavy atom. The highest BCUT2D eigenvalue weighted by atomic mass is 15.2. The molecule has 5 heteroatoms. The van der Waals surface area contributed by atoms with Crippen LogP contribution >= 0.6 is 0 Å². The van der Waals surface area contributed by atoms with Gasteiger partial charge in [0.1, 0.15) is 0 Å². The third-order valence-electron chi connectivity index (χ3n) is 1.98. The van der Waals surface area contributed by atoms with Gasteiger partial charge in [-0.2, -0.15) is 0 Å². The standard InChI is InChI=1S/C9H21N5/c1-4-6-14(7-5-11-12-10)9-8-13(2)3/h4-9H2,1-3H3. The topological polar surface area (TPSA) is 55.2 Å². The van der Waals surface area contributed by atoms with Crippen LogP contribution in [-0.4, -0.2) is 56.6 Å². The Kier molecular flexibility index (Phi) is 8.33. The molecule has 0 amide bonds. The molecule has 0 rings (SSSR count). The second-order valence-corrected chi connectivity index (χ2v) is 3.60. The van der Waals surface area contributed by atoms with Crippen molar-refractivity contribution >= 4 is 0 Å². The zero-order valence-corrected chi connectivity index (χ0v) is 9.48. The third-order valence-corrected chi connectivity index (χ3v) is 1.98. The first kappa shape index (κ1) is 13.2. The maximum atomic E-state index is 8.16. The first-order chi connectivity index (χ1) is 6.70. The van der Waals surface area contributed by atoms with Gasteiger partial charge in [-0.3, -0.25) is 0 Å². The summed E-state index contributed by atoms with van der Waals surface area (Å²) in [7, 11) is 4.13. The lowest BCUT2D eigenvalue weighted by atomic mass is 10.4. The lowest BCUT2D eigenvalue weighted by molar-refractivity contribution is 0.246. The van der Waals surface area contributed by atoms with E-state index in [1.807, 2.05) is 0 Å². The number of nitrogens with zero attached hydrogens (tertiary/aromatic N) is 5. The van der Waals surface area contributed by atoms with E-state index in [-0.39, 0.29) is 0 Å². The second kappa shape index (κ2) is 8.81. The lowest BCUT2D eigenvalue weighted by Crippen LogP contribution is -2.34. The van der Waals surface area contributed by atoms with Crippen LogP contribution in [0.4, 0.5) is 0 Å². The molecular formula is C9H21N5. The molecule has 0 atom stereocenters. The fourth-order valence-electron chi connectivity index (χ4n) is 1.22. The molecule has 14 heavy (non-hydrogen) atoms. The average Bonchev–Trinajstić information content (AvgIpc) is 2.14. The molecule has 0 aliphatic rings. The van der Waals surface area contributed by atoms with E-state index in [0.717, 1.165) is 32.6 Å². The van der Waals surface area contributed by atoms with Gasteiger partial charge in [-0.05, 0) is 32.6 Å². The van der Waals surface area contributed by atoms with Crippen molar-refractivity contribution in [2.75, 3.05) is 46.8 Å². The highest BCUT2D eigenvalue weighted by molar-refractivity contribution is 4.61. The summed E-state index contributed by atoms with van der Waals surface area (Å²) in [4.78, 5) is 7.24. The zero-order valence-electron chi connectivity index (χ0n) is 9.48. The molecule has 5 nitrogen and oxygen atoms in total. The van der Waals surface area contributed by atoms with Gasteiger partial charge in [0.05, 0.1) is 0 Å². The maximum absolute atomic E-state index is 8.16. The van der Waals surface area contributed by atoms with Crippen LogP contribution in [0.1, 0.15) is 13.3 Å². The quantitative estimate of drug-likeness (QED) is 0.338. The fraction of sp³-hybridized carbons (Fsp3) is 1.00. The van der Waals surface area contributed by atoms with E-state index in [9.17, 15) is 0 Å². The van der Waals surface area contributed by atoms with Gasteiger partial charge in [0.15, 0.2) is 0 Å². The van der Waals surface area contributed by atoms with Crippen molar-refractivity contribution in [2.45, 2.75) is 13.3 Å². The Morgan fingerprint density at radius 2 is 1.86 bits per heavy atom. The van der Waals surface area contributed by atoms with Crippen LogP contribution in [0.5, 0.6) is 0 Å². The minimum Gasteiger partial charge on any atom is -0.308 e. The molecule has 82 valence electrons. The van der Waals surface area contributed by atoms with Crippen LogP contribution in [0.15, 0.2) is 5.11 Å². The van der Waals surface area contributed by atoms with Gasteiger partial charge < -0.3 is 9.80 Å². The number of rotatable bonds is 8. The summed E-state index contributed by atoms with van der Waals surface area (Å²) in [6, 6.07) is 0. The zero-order chi connectivity index (χ0) is 10.8. The minimum atomic E-state index is 0.573. The summed E-state index contributed by atoms with van der Waals surface area (Å²) in [5.74, 6) is 0. The van der Waals surface area contributed by atoms with E-state index < -0.39 is 0 Å². The van der Waals surface area contributed by atoms with Crippen LogP contribution in [-0.2, 0) is 0 Å². The number of likely N-dealkylation sites (N-methyl/N-ethyl adjacent to an activating group) is 1. The molecule has 0 aliphatic heterocycles. The normalized spacial score (nSPS) is 10.6. The van der Waals surface area contributed by atoms with Gasteiger partial charge >= 0.3 is 0 Å². The molecule has 0 bridgehead atoms. The molecule has 0 unspecified atom stereocenters. The van der Waals surface area contributed by atoms with E-state index >= 15 is 0 Å². The number of azide groups is 1. The Morgan fingerprint density at radius 1 is 1.14 bits per heavy atom. The van der Waals surface area contributed by atoms with Gasteiger partial charge in [-0.25, -0.2) is 0 Å². The van der Waals surface area contributed by atoms with E-state index in [4.69, 9.17) is 5.53 Å². The number of hydrogen-bond donors (Lipinski definition) is 0. The molecule has 0 aromatic carbocycles. The predicted octanol–water partition coefficient (Wildman–Crippen LogP) is 1.57. The van der Waals surface area contributed by atoms with Gasteiger partial charge in [0.2, 0.25) is 0 Å². The smallest absolute Gasteiger partial charge is 0.0385 e. The monoisotopic (exact) mass is 199 g/mol. The fourth-order valence-corrected chi connectivity index (χ4v) is 1.22. The van der Waals surface area contributed by atoms with E-state index in [0.29, 0.717) is 6.54 Å². The largest absolute Gasteiger partial charge is 0.308 e. The van der Waals surface area contributed by atoms with Gasteiger partial charge in [0.25, 0.3) is 0 Å². The van der Waals surface area contributed by atoms with E-state index in [1.165, 1.54) is 0 Å². The van der Waals surface area contributed by atoms with E-state index in [2.05, 4.69) is 40.8 Å². The van der Waals surface area contributed by atoms with Crippen molar-refractivity contribution in [1.82, 2.24) is 9.80 Å². The van der Waals surface area contributed by atoms with Crippen LogP contribution in [0.3, 0.4) is 0 Å². The van der Waals surface area contributed by atoms with Crippen molar-refractivity contribution in [2.24, 2.45) is 5.11 Å². The third kappa shape index (κ3) is 7.86. The first-order valence-electron chi connectivity index (χ1n) is 5.08. The van der Waals surface area contributed by atoms with Gasteiger partial charge in [0, 0.05) is 31.1 Å². The summed E-state index contributed by atoms with van der Waals surface area (Å²) in [5, 5.41) is 3.55. The number of hydrogen-bond acceptors (Lipinski definition) is 3. The van der Waals surface area contributed by atoms with Gasteiger partial charge in [-0.1, -0.05) is 12.0 Å². The van der Waals surface area contributed by atoms with Crippen molar-refractivity contribution in [3.63, 3.8) is 0 Å². The van der Waals surface area contributed by atoms with Crippen LogP contribution < -0.4 is 0 Å². The minimum absolute atomic E-state index is 0.573. The van der Waals surface area contributed by atoms with Crippen LogP contribution in [0.2, 0.25) is 0 Å². The predicted molar refractivity (Wildman–Crippen MR) is 59.3 cm³/mol. The van der Waals surface area contributed by atoms with Crippen LogP contribution in [0, 0.1) is 0 Å². The van der Waals surface area contributed by atoms with Crippen molar-refractivity contribution in [3.8, 4) is 0 Å². The van der Waals surface area contributed by atoms with Crippen molar-refractivity contribution in [3.05, 3.63) is 10.4 Å². The lowest BCUT2D eigenvalue weighted by Gasteiger charge is -2.22. The summed E-state index contributed by atoms with van der Waals surface area (Å²) < 4.78 is 0. The SMILES string of the molecule is CCCN(CCN=[N+]=[N-])CCN(C)C. The molecule has 0 spiro atoms. The van der Waals surface area contributed by atoms with Crippen molar-refractivity contribution < 1.29 is 0 Å². The Labute approximate surface area is 86.3 Å². The summed E-state index contributed by atoms with van der Waals surface area (Å²) >= 11 is 0. The summed E-state index contributed by atoms with van der Waals surface area (Å²) in [5.41, 5.74) is 8.16. The molecule has 0 aromatic rings. The Bertz CT molecular complexity index is 174. The van der Waals surface area contributed by atoms with Crippen molar-refractivity contribution in [1.29, 1.82) is 0 Å². The summed E-state index contributed by atoms with van der Waals surface area (Å²) in [6.07, 6.45) is 1.14. The molecule has 0 aromatic heterocycles. The molecule has 0 radical (unpaired) electrons. The maximum Gasteiger partial charge on any atom is 0.0385 e. The van der Waals surface area contributed by atoms with Gasteiger partial charge in [-0.15, -0.1) is 0 Å². The molecule has 0 fully saturated rings. The Hall–Kier alpha value is -0.770. The van der Waals surface area contributed by atoms with Crippen LogP contribution in [0.25, 0.3) is 10.4 Å². The first-order valence-corrected chi connectivity index (χ1v) is 5.08. The molecule has 0 aliphatic carbocycles. The second-order valence-electron chi connectivity index (χ2n) is 3.60. The molecular weight excluding hydrogens is 178 g/mol. The van der Waals surface area contributed by atoms with E-state index in [1.54, 1.807) is 0 Å².